The molecule has 0 aliphatic carbocycles. The minimum atomic E-state index is -0.510. The third-order valence-electron chi connectivity index (χ3n) is 9.34. The maximum atomic E-state index is 9.23. The van der Waals surface area contributed by atoms with E-state index in [0.717, 1.165) is 44.6 Å². The summed E-state index contributed by atoms with van der Waals surface area (Å²) in [7, 11) is 0. The molecule has 5 aromatic carbocycles. The molecule has 1 aliphatic rings. The Morgan fingerprint density at radius 3 is 2.00 bits per heavy atom. The first kappa shape index (κ1) is 27.4. The summed E-state index contributed by atoms with van der Waals surface area (Å²) in [5, 5.41) is 2.00. The molecule has 0 saturated heterocycles. The average molecular weight is 646 g/mol. The summed E-state index contributed by atoms with van der Waals surface area (Å²) in [6.45, 7) is 13.3. The van der Waals surface area contributed by atoms with Crippen molar-refractivity contribution >= 4 is 44.6 Å². The van der Waals surface area contributed by atoms with Gasteiger partial charge in [-0.3, -0.25) is 4.57 Å². The Labute approximate surface area is 293 Å². The molecule has 0 radical (unpaired) electrons. The fourth-order valence-electron chi connectivity index (χ4n) is 6.68. The highest BCUT2D eigenvalue weighted by atomic mass is 16.5. The number of pyridine rings is 1. The van der Waals surface area contributed by atoms with Crippen molar-refractivity contribution in [3.63, 3.8) is 0 Å². The number of para-hydroxylation sites is 3. The normalized spacial score (nSPS) is 14.2. The number of aromatic nitrogens is 2. The highest BCUT2D eigenvalue weighted by Crippen LogP contribution is 2.45. The standard InChI is InChI=1S/C44H42N4O/c1-43(2,3)30-18-20-32(21-19-30)46-29-47(40-17-10-9-16-39(40)46)33-12-11-13-34(27-33)49-35-22-23-37-36-14-7-8-15-38(36)48(41(37)28-35)42-26-31(24-25-45-42)44(4,5)6/h7-28H,29H2,1-6H3/i24D,25D,26D. The number of ether oxygens (including phenoxy) is 1. The van der Waals surface area contributed by atoms with Crippen LogP contribution >= 0.6 is 0 Å². The van der Waals surface area contributed by atoms with Gasteiger partial charge >= 0.3 is 0 Å². The van der Waals surface area contributed by atoms with E-state index in [2.05, 4.69) is 102 Å². The molecule has 2 aromatic heterocycles. The molecule has 0 spiro atoms. The molecule has 244 valence electrons. The lowest BCUT2D eigenvalue weighted by molar-refractivity contribution is 0.483. The van der Waals surface area contributed by atoms with Gasteiger partial charge in [-0.15, -0.1) is 0 Å². The topological polar surface area (TPSA) is 33.5 Å². The molecule has 7 aromatic rings. The van der Waals surface area contributed by atoms with E-state index in [1.54, 1.807) is 0 Å². The van der Waals surface area contributed by atoms with Gasteiger partial charge in [-0.1, -0.05) is 90.1 Å². The fourth-order valence-corrected chi connectivity index (χ4v) is 6.68. The molecular weight excluding hydrogens is 601 g/mol. The van der Waals surface area contributed by atoms with Crippen LogP contribution < -0.4 is 14.5 Å². The van der Waals surface area contributed by atoms with Crippen LogP contribution in [0.1, 0.15) is 56.8 Å². The zero-order valence-electron chi connectivity index (χ0n) is 31.9. The van der Waals surface area contributed by atoms with Gasteiger partial charge in [-0.05, 0) is 88.6 Å². The van der Waals surface area contributed by atoms with E-state index in [1.165, 1.54) is 5.56 Å². The number of benzene rings is 5. The third-order valence-corrected chi connectivity index (χ3v) is 9.34. The number of hydrogen-bond acceptors (Lipinski definition) is 4. The van der Waals surface area contributed by atoms with Crippen molar-refractivity contribution in [1.29, 1.82) is 0 Å². The summed E-state index contributed by atoms with van der Waals surface area (Å²) in [4.78, 5) is 9.18. The molecule has 5 nitrogen and oxygen atoms in total. The SMILES string of the molecule is [2H]c1nc(-n2c3ccccc3c3ccc(Oc4cccc(N5CN(c6ccc(C(C)(C)C)cc6)c6ccccc65)c4)cc32)c([2H])c(C(C)(C)C)c1[2H]. The smallest absolute Gasteiger partial charge is 0.137 e. The van der Waals surface area contributed by atoms with Crippen molar-refractivity contribution in [1.82, 2.24) is 9.55 Å². The molecule has 5 heteroatoms. The molecular formula is C44H42N4O. The maximum Gasteiger partial charge on any atom is 0.137 e. The molecule has 8 rings (SSSR count). The van der Waals surface area contributed by atoms with E-state index in [1.807, 2.05) is 73.9 Å². The van der Waals surface area contributed by atoms with Crippen LogP contribution in [0.4, 0.5) is 22.7 Å². The van der Waals surface area contributed by atoms with Crippen molar-refractivity contribution in [2.75, 3.05) is 16.5 Å². The van der Waals surface area contributed by atoms with Crippen LogP contribution in [-0.2, 0) is 10.8 Å². The fraction of sp³-hybridized carbons (Fsp3) is 0.205. The first-order chi connectivity index (χ1) is 24.8. The highest BCUT2D eigenvalue weighted by Gasteiger charge is 2.28. The molecule has 1 aliphatic heterocycles. The predicted molar refractivity (Wildman–Crippen MR) is 205 cm³/mol. The van der Waals surface area contributed by atoms with E-state index in [4.69, 9.17) is 7.48 Å². The van der Waals surface area contributed by atoms with E-state index >= 15 is 0 Å². The number of nitrogens with zero attached hydrogens (tertiary/aromatic N) is 4. The number of fused-ring (bicyclic) bond motifs is 4. The Hall–Kier alpha value is -5.55. The minimum absolute atomic E-state index is 0.00638. The van der Waals surface area contributed by atoms with Crippen LogP contribution in [0.5, 0.6) is 11.5 Å². The summed E-state index contributed by atoms with van der Waals surface area (Å²) in [5.41, 5.74) is 7.53. The zero-order chi connectivity index (χ0) is 36.5. The number of anilines is 4. The van der Waals surface area contributed by atoms with Crippen LogP contribution in [0.3, 0.4) is 0 Å². The molecule has 0 saturated carbocycles. The Bertz CT molecular complexity index is 2490. The Morgan fingerprint density at radius 1 is 0.612 bits per heavy atom. The van der Waals surface area contributed by atoms with E-state index in [-0.39, 0.29) is 23.7 Å². The summed E-state index contributed by atoms with van der Waals surface area (Å²) in [6.07, 6.45) is -0.143. The lowest BCUT2D eigenvalue weighted by Gasteiger charge is -2.24. The zero-order valence-corrected chi connectivity index (χ0v) is 28.9. The molecule has 3 heterocycles. The van der Waals surface area contributed by atoms with E-state index < -0.39 is 5.41 Å². The van der Waals surface area contributed by atoms with Gasteiger partial charge in [0.1, 0.15) is 24.0 Å². The summed E-state index contributed by atoms with van der Waals surface area (Å²) in [6, 6.07) is 39.7. The van der Waals surface area contributed by atoms with Gasteiger partial charge in [-0.2, -0.15) is 0 Å². The van der Waals surface area contributed by atoms with Crippen LogP contribution in [-0.4, -0.2) is 16.2 Å². The Morgan fingerprint density at radius 2 is 1.27 bits per heavy atom. The van der Waals surface area contributed by atoms with Gasteiger partial charge in [0.25, 0.3) is 0 Å². The van der Waals surface area contributed by atoms with Gasteiger partial charge in [0.2, 0.25) is 0 Å². The van der Waals surface area contributed by atoms with E-state index in [0.29, 0.717) is 29.5 Å². The number of hydrogen-bond donors (Lipinski definition) is 0. The first-order valence-electron chi connectivity index (χ1n) is 18.3. The Kier molecular flexibility index (Phi) is 6.46. The first-order valence-corrected chi connectivity index (χ1v) is 16.8. The van der Waals surface area contributed by atoms with Crippen molar-refractivity contribution in [2.24, 2.45) is 0 Å². The Balaban J connectivity index is 1.16. The lowest BCUT2D eigenvalue weighted by atomic mass is 9.87. The quantitative estimate of drug-likeness (QED) is 0.186. The van der Waals surface area contributed by atoms with Crippen molar-refractivity contribution < 1.29 is 8.85 Å². The largest absolute Gasteiger partial charge is 0.457 e. The monoisotopic (exact) mass is 645 g/mol. The third kappa shape index (κ3) is 5.59. The second-order valence-electron chi connectivity index (χ2n) is 14.8. The van der Waals surface area contributed by atoms with Gasteiger partial charge in [0.15, 0.2) is 0 Å². The maximum absolute atomic E-state index is 9.23. The summed E-state index contributed by atoms with van der Waals surface area (Å²) >= 11 is 0. The van der Waals surface area contributed by atoms with Crippen LogP contribution in [0.2, 0.25) is 0 Å². The number of rotatable bonds is 5. The molecule has 49 heavy (non-hydrogen) atoms. The molecule has 0 bridgehead atoms. The van der Waals surface area contributed by atoms with Crippen molar-refractivity contribution in [2.45, 2.75) is 52.4 Å². The second-order valence-corrected chi connectivity index (χ2v) is 14.8. The second kappa shape index (κ2) is 11.6. The lowest BCUT2D eigenvalue weighted by Crippen LogP contribution is -2.24. The molecule has 0 unspecified atom stereocenters. The van der Waals surface area contributed by atoms with Crippen molar-refractivity contribution in [3.05, 3.63) is 145 Å². The van der Waals surface area contributed by atoms with Gasteiger partial charge < -0.3 is 14.5 Å². The summed E-state index contributed by atoms with van der Waals surface area (Å²) < 4.78 is 34.9. The molecule has 0 amide bonds. The van der Waals surface area contributed by atoms with E-state index in [9.17, 15) is 1.37 Å². The van der Waals surface area contributed by atoms with Crippen LogP contribution in [0.15, 0.2) is 134 Å². The molecule has 0 N–H and O–H groups in total. The summed E-state index contributed by atoms with van der Waals surface area (Å²) in [5.74, 6) is 1.68. The average Bonchev–Trinajstić information content (AvgIpc) is 3.65. The highest BCUT2D eigenvalue weighted by molar-refractivity contribution is 6.09. The molecule has 0 atom stereocenters. The van der Waals surface area contributed by atoms with Gasteiger partial charge in [0.05, 0.1) is 26.5 Å². The minimum Gasteiger partial charge on any atom is -0.457 e. The molecule has 0 fully saturated rings. The van der Waals surface area contributed by atoms with Gasteiger partial charge in [-0.25, -0.2) is 4.98 Å². The van der Waals surface area contributed by atoms with Gasteiger partial charge in [0, 0.05) is 40.5 Å². The van der Waals surface area contributed by atoms with Crippen LogP contribution in [0, 0.1) is 0 Å². The van der Waals surface area contributed by atoms with Crippen LogP contribution in [0.25, 0.3) is 27.6 Å². The van der Waals surface area contributed by atoms with Crippen molar-refractivity contribution in [3.8, 4) is 17.3 Å². The predicted octanol–water partition coefficient (Wildman–Crippen LogP) is 11.8.